The van der Waals surface area contributed by atoms with Gasteiger partial charge in [-0.25, -0.2) is 10.0 Å². The Labute approximate surface area is 198 Å². The fraction of sp³-hybridized carbons (Fsp3) is 0. The second-order valence-corrected chi connectivity index (χ2v) is 8.49. The molecule has 34 heavy (non-hydrogen) atoms. The summed E-state index contributed by atoms with van der Waals surface area (Å²) in [6.45, 7) is 0. The van der Waals surface area contributed by atoms with Crippen molar-refractivity contribution >= 4 is 51.1 Å². The second kappa shape index (κ2) is 8.09. The molecule has 0 saturated carbocycles. The number of aromatic nitrogens is 2. The highest BCUT2D eigenvalue weighted by molar-refractivity contribution is 7.21. The molecule has 7 nitrogen and oxygen atoms in total. The van der Waals surface area contributed by atoms with E-state index in [2.05, 4.69) is 9.97 Å². The highest BCUT2D eigenvalue weighted by atomic mass is 32.1. The van der Waals surface area contributed by atoms with Crippen LogP contribution in [0.3, 0.4) is 0 Å². The highest BCUT2D eigenvalue weighted by Gasteiger charge is 2.43. The molecule has 0 N–H and O–H groups in total. The number of anilines is 2. The smallest absolute Gasteiger partial charge is 0.283 e. The number of hydrogen-bond donors (Lipinski definition) is 0. The summed E-state index contributed by atoms with van der Waals surface area (Å²) in [5.41, 5.74) is 2.46. The van der Waals surface area contributed by atoms with E-state index in [0.717, 1.165) is 10.6 Å². The third-order valence-corrected chi connectivity index (χ3v) is 6.31. The van der Waals surface area contributed by atoms with Gasteiger partial charge < -0.3 is 4.42 Å². The first-order valence-corrected chi connectivity index (χ1v) is 11.3. The first kappa shape index (κ1) is 20.1. The van der Waals surface area contributed by atoms with E-state index in [1.54, 1.807) is 24.3 Å². The zero-order valence-electron chi connectivity index (χ0n) is 17.7. The van der Waals surface area contributed by atoms with E-state index in [1.807, 2.05) is 66.7 Å². The molecule has 1 fully saturated rings. The fourth-order valence-electron chi connectivity index (χ4n) is 3.78. The summed E-state index contributed by atoms with van der Waals surface area (Å²) < 4.78 is 5.78. The van der Waals surface area contributed by atoms with E-state index in [9.17, 15) is 9.59 Å². The molecule has 0 radical (unpaired) electrons. The van der Waals surface area contributed by atoms with Crippen molar-refractivity contribution in [3.63, 3.8) is 0 Å². The molecule has 3 heterocycles. The standard InChI is InChI=1S/C26H16N4O3S/c31-25-20(16-21-27-24-22(33-21)28-23(34-24)17-10-4-1-5-11-17)26(32)30(19-14-8-3-9-15-19)29(25)18-12-6-2-7-13-18/h1-16H. The van der Waals surface area contributed by atoms with Crippen LogP contribution in [0.5, 0.6) is 0 Å². The van der Waals surface area contributed by atoms with Crippen molar-refractivity contribution in [2.75, 3.05) is 10.0 Å². The van der Waals surface area contributed by atoms with E-state index in [-0.39, 0.29) is 11.5 Å². The lowest BCUT2D eigenvalue weighted by Crippen LogP contribution is -2.41. The molecule has 8 heteroatoms. The summed E-state index contributed by atoms with van der Waals surface area (Å²) in [5, 5.41) is 3.51. The van der Waals surface area contributed by atoms with Gasteiger partial charge in [-0.1, -0.05) is 78.1 Å². The van der Waals surface area contributed by atoms with E-state index in [1.165, 1.54) is 27.4 Å². The Hall–Kier alpha value is -4.56. The van der Waals surface area contributed by atoms with Gasteiger partial charge in [0.05, 0.1) is 11.4 Å². The summed E-state index contributed by atoms with van der Waals surface area (Å²) in [5.74, 6) is -0.757. The molecule has 3 aromatic carbocycles. The van der Waals surface area contributed by atoms with Crippen LogP contribution in [0.15, 0.2) is 101 Å². The predicted octanol–water partition coefficient (Wildman–Crippen LogP) is 5.33. The molecule has 1 aliphatic rings. The van der Waals surface area contributed by atoms with Crippen molar-refractivity contribution in [3.8, 4) is 10.6 Å². The molecule has 6 rings (SSSR count). The minimum absolute atomic E-state index is 0.0371. The number of fused-ring (bicyclic) bond motifs is 1. The Bertz CT molecular complexity index is 1450. The molecule has 5 aromatic rings. The first-order valence-electron chi connectivity index (χ1n) is 10.5. The Balaban J connectivity index is 1.40. The number of benzene rings is 3. The SMILES string of the molecule is O=C1C(=Cc2nc3sc(-c4ccccc4)nc3o2)C(=O)N(c2ccccc2)N1c1ccccc1. The van der Waals surface area contributed by atoms with Crippen molar-refractivity contribution < 1.29 is 14.0 Å². The number of rotatable bonds is 4. The van der Waals surface area contributed by atoms with Gasteiger partial charge in [0.15, 0.2) is 4.83 Å². The number of thiazole rings is 1. The third-order valence-electron chi connectivity index (χ3n) is 5.33. The number of hydrazine groups is 1. The molecule has 1 aliphatic heterocycles. The molecule has 0 bridgehead atoms. The molecule has 0 aliphatic carbocycles. The van der Waals surface area contributed by atoms with Gasteiger partial charge in [-0.3, -0.25) is 9.59 Å². The summed E-state index contributed by atoms with van der Waals surface area (Å²) in [7, 11) is 0. The highest BCUT2D eigenvalue weighted by Crippen LogP contribution is 2.34. The third kappa shape index (κ3) is 3.37. The van der Waals surface area contributed by atoms with Gasteiger partial charge in [0, 0.05) is 11.6 Å². The van der Waals surface area contributed by atoms with Gasteiger partial charge in [0.2, 0.25) is 5.89 Å². The number of para-hydroxylation sites is 2. The zero-order chi connectivity index (χ0) is 23.1. The van der Waals surface area contributed by atoms with Crippen molar-refractivity contribution in [2.45, 2.75) is 0 Å². The van der Waals surface area contributed by atoms with Crippen molar-refractivity contribution in [1.82, 2.24) is 9.97 Å². The molecule has 0 unspecified atom stereocenters. The normalized spacial score (nSPS) is 13.8. The molecule has 1 saturated heterocycles. The van der Waals surface area contributed by atoms with Crippen molar-refractivity contribution in [2.24, 2.45) is 0 Å². The van der Waals surface area contributed by atoms with Crippen LogP contribution in [0.2, 0.25) is 0 Å². The van der Waals surface area contributed by atoms with Gasteiger partial charge >= 0.3 is 0 Å². The number of carbonyl (C=O) groups is 2. The largest absolute Gasteiger partial charge is 0.417 e. The van der Waals surface area contributed by atoms with Crippen LogP contribution in [-0.4, -0.2) is 21.8 Å². The topological polar surface area (TPSA) is 79.5 Å². The van der Waals surface area contributed by atoms with Gasteiger partial charge in [-0.05, 0) is 24.3 Å². The van der Waals surface area contributed by atoms with E-state index >= 15 is 0 Å². The summed E-state index contributed by atoms with van der Waals surface area (Å²) in [6.07, 6.45) is 1.39. The number of oxazole rings is 1. The molecule has 2 aromatic heterocycles. The Kier molecular flexibility index (Phi) is 4.78. The minimum Gasteiger partial charge on any atom is -0.417 e. The average molecular weight is 465 g/mol. The molecule has 0 spiro atoms. The van der Waals surface area contributed by atoms with Gasteiger partial charge in [-0.15, -0.1) is 0 Å². The van der Waals surface area contributed by atoms with E-state index in [0.29, 0.717) is 21.9 Å². The Morgan fingerprint density at radius 2 is 1.24 bits per heavy atom. The summed E-state index contributed by atoms with van der Waals surface area (Å²) in [4.78, 5) is 36.4. The molecular weight excluding hydrogens is 448 g/mol. The molecule has 2 amide bonds. The van der Waals surface area contributed by atoms with Crippen LogP contribution in [-0.2, 0) is 9.59 Å². The monoisotopic (exact) mass is 464 g/mol. The first-order chi connectivity index (χ1) is 16.7. The van der Waals surface area contributed by atoms with Crippen LogP contribution >= 0.6 is 11.3 Å². The maximum absolute atomic E-state index is 13.4. The van der Waals surface area contributed by atoms with E-state index in [4.69, 9.17) is 4.42 Å². The molecular formula is C26H16N4O3S. The van der Waals surface area contributed by atoms with Crippen LogP contribution in [0.4, 0.5) is 11.4 Å². The Morgan fingerprint density at radius 3 is 1.76 bits per heavy atom. The fourth-order valence-corrected chi connectivity index (χ4v) is 4.65. The maximum atomic E-state index is 13.4. The lowest BCUT2D eigenvalue weighted by molar-refractivity contribution is -0.116. The molecule has 0 atom stereocenters. The van der Waals surface area contributed by atoms with Crippen molar-refractivity contribution in [1.29, 1.82) is 0 Å². The van der Waals surface area contributed by atoms with Crippen LogP contribution in [0, 0.1) is 0 Å². The van der Waals surface area contributed by atoms with Crippen LogP contribution in [0.25, 0.3) is 27.2 Å². The summed E-state index contributed by atoms with van der Waals surface area (Å²) in [6, 6.07) is 27.8. The average Bonchev–Trinajstić information content (AvgIpc) is 3.52. The quantitative estimate of drug-likeness (QED) is 0.265. The van der Waals surface area contributed by atoms with Gasteiger partial charge in [-0.2, -0.15) is 9.97 Å². The second-order valence-electron chi connectivity index (χ2n) is 7.51. The zero-order valence-corrected chi connectivity index (χ0v) is 18.5. The summed E-state index contributed by atoms with van der Waals surface area (Å²) >= 11 is 1.39. The van der Waals surface area contributed by atoms with E-state index < -0.39 is 11.8 Å². The molecule has 164 valence electrons. The lowest BCUT2D eigenvalue weighted by Gasteiger charge is -2.27. The predicted molar refractivity (Wildman–Crippen MR) is 131 cm³/mol. The van der Waals surface area contributed by atoms with Gasteiger partial charge in [0.1, 0.15) is 10.6 Å². The number of amides is 2. The Morgan fingerprint density at radius 1 is 0.706 bits per heavy atom. The lowest BCUT2D eigenvalue weighted by atomic mass is 10.2. The minimum atomic E-state index is -0.459. The van der Waals surface area contributed by atoms with Crippen molar-refractivity contribution in [3.05, 3.63) is 102 Å². The number of hydrogen-bond acceptors (Lipinski definition) is 6. The maximum Gasteiger partial charge on any atom is 0.283 e. The number of nitrogens with zero attached hydrogens (tertiary/aromatic N) is 4. The van der Waals surface area contributed by atoms with Crippen LogP contribution < -0.4 is 10.0 Å². The van der Waals surface area contributed by atoms with Gasteiger partial charge in [0.25, 0.3) is 17.5 Å². The number of carbonyl (C=O) groups excluding carboxylic acids is 2. The van der Waals surface area contributed by atoms with Crippen LogP contribution in [0.1, 0.15) is 5.89 Å².